The Morgan fingerprint density at radius 3 is 2.81 bits per heavy atom. The van der Waals surface area contributed by atoms with E-state index in [1.54, 1.807) is 12.1 Å². The number of furan rings is 1. The molecule has 0 saturated heterocycles. The van der Waals surface area contributed by atoms with Gasteiger partial charge in [-0.25, -0.2) is 13.1 Å². The van der Waals surface area contributed by atoms with Crippen molar-refractivity contribution in [2.45, 2.75) is 10.9 Å². The lowest BCUT2D eigenvalue weighted by Crippen LogP contribution is -2.34. The number of carbonyl (C=O) groups excluding carboxylic acids is 1. The second-order valence-corrected chi connectivity index (χ2v) is 8.10. The molecule has 2 N–H and O–H groups in total. The number of nitrogens with zero attached hydrogens (tertiary/aromatic N) is 1. The number of ether oxygens (including phenoxy) is 1. The Hall–Kier alpha value is -2.07. The van der Waals surface area contributed by atoms with Crippen molar-refractivity contribution in [1.82, 2.24) is 9.62 Å². The smallest absolute Gasteiger partial charge is 0.262 e. The number of anilines is 1. The van der Waals surface area contributed by atoms with Crippen LogP contribution in [-0.4, -0.2) is 46.5 Å². The highest BCUT2D eigenvalue weighted by molar-refractivity contribution is 7.89. The number of halogens is 1. The van der Waals surface area contributed by atoms with Gasteiger partial charge in [0.05, 0.1) is 23.0 Å². The Morgan fingerprint density at radius 2 is 2.15 bits per heavy atom. The number of benzene rings is 1. The van der Waals surface area contributed by atoms with Crippen LogP contribution < -0.4 is 14.8 Å². The van der Waals surface area contributed by atoms with Crippen molar-refractivity contribution in [1.29, 1.82) is 0 Å². The average molecular weight is 400 g/mol. The van der Waals surface area contributed by atoms with Crippen molar-refractivity contribution < 1.29 is 22.4 Å². The van der Waals surface area contributed by atoms with E-state index in [-0.39, 0.29) is 40.8 Å². The summed E-state index contributed by atoms with van der Waals surface area (Å²) in [6, 6.07) is 5.90. The fourth-order valence-electron chi connectivity index (χ4n) is 2.57. The number of amides is 1. The number of carbonyl (C=O) groups is 1. The first kappa shape index (κ1) is 18.7. The molecule has 26 heavy (non-hydrogen) atoms. The third-order valence-electron chi connectivity index (χ3n) is 3.92. The monoisotopic (exact) mass is 399 g/mol. The number of sulfonamides is 1. The lowest BCUT2D eigenvalue weighted by Gasteiger charge is -2.23. The van der Waals surface area contributed by atoms with E-state index in [4.69, 9.17) is 20.8 Å². The highest BCUT2D eigenvalue weighted by Gasteiger charge is 2.26. The third-order valence-corrected chi connectivity index (χ3v) is 5.81. The summed E-state index contributed by atoms with van der Waals surface area (Å²) in [4.78, 5) is 13.1. The summed E-state index contributed by atoms with van der Waals surface area (Å²) in [6.45, 7) is -0.0867. The van der Waals surface area contributed by atoms with Crippen molar-refractivity contribution in [3.05, 3.63) is 41.3 Å². The molecule has 1 unspecified atom stereocenters. The van der Waals surface area contributed by atoms with Crippen LogP contribution in [-0.2, 0) is 14.8 Å². The Kier molecular flexibility index (Phi) is 5.24. The number of hydrogen-bond acceptors (Lipinski definition) is 6. The van der Waals surface area contributed by atoms with E-state index in [1.165, 1.54) is 18.4 Å². The van der Waals surface area contributed by atoms with E-state index in [0.717, 1.165) is 0 Å². The van der Waals surface area contributed by atoms with Gasteiger partial charge in [-0.15, -0.1) is 0 Å². The fourth-order valence-corrected chi connectivity index (χ4v) is 4.15. The first-order chi connectivity index (χ1) is 12.3. The molecule has 0 saturated carbocycles. The minimum Gasteiger partial charge on any atom is -0.482 e. The lowest BCUT2D eigenvalue weighted by atomic mass is 10.2. The largest absolute Gasteiger partial charge is 0.482 e. The summed E-state index contributed by atoms with van der Waals surface area (Å²) < 4.78 is 38.6. The van der Waals surface area contributed by atoms with Crippen LogP contribution >= 0.6 is 11.6 Å². The maximum absolute atomic E-state index is 12.7. The van der Waals surface area contributed by atoms with Crippen LogP contribution in [0.4, 0.5) is 5.69 Å². The minimum absolute atomic E-state index is 0.0125. The van der Waals surface area contributed by atoms with Gasteiger partial charge in [-0.05, 0) is 32.3 Å². The summed E-state index contributed by atoms with van der Waals surface area (Å²) in [5, 5.41) is 2.57. The molecule has 1 aromatic heterocycles. The van der Waals surface area contributed by atoms with Crippen molar-refractivity contribution in [2.75, 3.05) is 32.6 Å². The van der Waals surface area contributed by atoms with E-state index in [2.05, 4.69) is 10.0 Å². The molecule has 3 rings (SSSR count). The molecule has 0 spiro atoms. The molecule has 1 aliphatic rings. The van der Waals surface area contributed by atoms with Gasteiger partial charge < -0.3 is 14.5 Å². The number of hydrogen-bond donors (Lipinski definition) is 2. The quantitative estimate of drug-likeness (QED) is 0.768. The molecule has 1 amide bonds. The molecule has 0 aliphatic carbocycles. The summed E-state index contributed by atoms with van der Waals surface area (Å²) >= 11 is 6.12. The Balaban J connectivity index is 1.83. The molecular weight excluding hydrogens is 382 g/mol. The lowest BCUT2D eigenvalue weighted by molar-refractivity contribution is -0.118. The first-order valence-corrected chi connectivity index (χ1v) is 9.60. The van der Waals surface area contributed by atoms with Gasteiger partial charge in [-0.3, -0.25) is 9.69 Å². The van der Waals surface area contributed by atoms with E-state index in [1.807, 2.05) is 19.0 Å². The highest BCUT2D eigenvalue weighted by Crippen LogP contribution is 2.35. The summed E-state index contributed by atoms with van der Waals surface area (Å²) in [5.74, 6) is 0.569. The van der Waals surface area contributed by atoms with Gasteiger partial charge in [0.2, 0.25) is 10.0 Å². The van der Waals surface area contributed by atoms with Crippen molar-refractivity contribution >= 4 is 33.2 Å². The van der Waals surface area contributed by atoms with Crippen LogP contribution in [0.25, 0.3) is 0 Å². The van der Waals surface area contributed by atoms with E-state index >= 15 is 0 Å². The molecule has 1 atom stereocenters. The number of likely N-dealkylation sites (N-methyl/N-ethyl adjacent to an activating group) is 1. The van der Waals surface area contributed by atoms with Crippen molar-refractivity contribution in [3.63, 3.8) is 0 Å². The number of fused-ring (bicyclic) bond motifs is 1. The molecule has 2 aromatic rings. The summed E-state index contributed by atoms with van der Waals surface area (Å²) in [5.41, 5.74) is 0.340. The van der Waals surface area contributed by atoms with E-state index in [0.29, 0.717) is 11.4 Å². The van der Waals surface area contributed by atoms with Crippen LogP contribution in [0.1, 0.15) is 11.8 Å². The van der Waals surface area contributed by atoms with Crippen LogP contribution in [0.3, 0.4) is 0 Å². The van der Waals surface area contributed by atoms with Gasteiger partial charge in [-0.2, -0.15) is 0 Å². The Morgan fingerprint density at radius 1 is 1.38 bits per heavy atom. The highest BCUT2D eigenvalue weighted by atomic mass is 35.5. The molecule has 2 heterocycles. The molecule has 1 aliphatic heterocycles. The molecule has 8 nitrogen and oxygen atoms in total. The first-order valence-electron chi connectivity index (χ1n) is 7.73. The molecule has 0 fully saturated rings. The predicted octanol–water partition coefficient (Wildman–Crippen LogP) is 1.85. The second kappa shape index (κ2) is 7.28. The molecule has 0 bridgehead atoms. The summed E-state index contributed by atoms with van der Waals surface area (Å²) in [6.07, 6.45) is 1.53. The SMILES string of the molecule is CN(C)C(CNS(=O)(=O)c1cc2c(cc1Cl)NC(=O)CO2)c1ccco1. The van der Waals surface area contributed by atoms with Crippen molar-refractivity contribution in [2.24, 2.45) is 0 Å². The number of rotatable bonds is 6. The van der Waals surface area contributed by atoms with Gasteiger partial charge in [0, 0.05) is 12.6 Å². The van der Waals surface area contributed by atoms with Crippen LogP contribution in [0.5, 0.6) is 5.75 Å². The van der Waals surface area contributed by atoms with Crippen LogP contribution in [0.2, 0.25) is 5.02 Å². The molecule has 140 valence electrons. The zero-order valence-corrected chi connectivity index (χ0v) is 15.7. The van der Waals surface area contributed by atoms with Crippen LogP contribution in [0.15, 0.2) is 39.8 Å². The fraction of sp³-hybridized carbons (Fsp3) is 0.312. The second-order valence-electron chi connectivity index (χ2n) is 5.96. The number of nitrogens with one attached hydrogen (secondary N) is 2. The van der Waals surface area contributed by atoms with Gasteiger partial charge in [-0.1, -0.05) is 11.6 Å². The zero-order valence-electron chi connectivity index (χ0n) is 14.2. The maximum Gasteiger partial charge on any atom is 0.262 e. The van der Waals surface area contributed by atoms with Gasteiger partial charge in [0.1, 0.15) is 16.4 Å². The van der Waals surface area contributed by atoms with E-state index < -0.39 is 10.0 Å². The molecular formula is C16H18ClN3O5S. The van der Waals surface area contributed by atoms with Gasteiger partial charge in [0.15, 0.2) is 6.61 Å². The standard InChI is InChI=1S/C16H18ClN3O5S/c1-20(2)12(13-4-3-5-24-13)8-18-26(22,23)15-7-14-11(6-10(15)17)19-16(21)9-25-14/h3-7,12,18H,8-9H2,1-2H3,(H,19,21). The topological polar surface area (TPSA) is 101 Å². The zero-order chi connectivity index (χ0) is 18.9. The van der Waals surface area contributed by atoms with Crippen LogP contribution in [0, 0.1) is 0 Å². The molecule has 1 aromatic carbocycles. The van der Waals surface area contributed by atoms with Gasteiger partial charge in [0.25, 0.3) is 5.91 Å². The predicted molar refractivity (Wildman–Crippen MR) is 95.9 cm³/mol. The third kappa shape index (κ3) is 3.85. The molecule has 0 radical (unpaired) electrons. The summed E-state index contributed by atoms with van der Waals surface area (Å²) in [7, 11) is -0.254. The van der Waals surface area contributed by atoms with E-state index in [9.17, 15) is 13.2 Å². The van der Waals surface area contributed by atoms with Gasteiger partial charge >= 0.3 is 0 Å². The van der Waals surface area contributed by atoms with Crippen molar-refractivity contribution in [3.8, 4) is 5.75 Å². The maximum atomic E-state index is 12.7. The minimum atomic E-state index is -3.90. The average Bonchev–Trinajstić information content (AvgIpc) is 3.07. The Bertz CT molecular complexity index is 912. The normalized spacial score (nSPS) is 15.3. The Labute approximate surface area is 156 Å². The molecule has 10 heteroatoms.